The quantitative estimate of drug-likeness (QED) is 0.675. The predicted molar refractivity (Wildman–Crippen MR) is 120 cm³/mol. The van der Waals surface area contributed by atoms with Crippen LogP contribution in [-0.4, -0.2) is 91.3 Å². The van der Waals surface area contributed by atoms with E-state index in [0.29, 0.717) is 0 Å². The zero-order valence-electron chi connectivity index (χ0n) is 17.4. The largest absolute Gasteiger partial charge is 0.379 e. The van der Waals surface area contributed by atoms with Crippen LogP contribution in [0.25, 0.3) is 0 Å². The second-order valence-electron chi connectivity index (χ2n) is 7.68. The lowest BCUT2D eigenvalue weighted by atomic mass is 10.2. The lowest BCUT2D eigenvalue weighted by Crippen LogP contribution is -2.46. The average molecular weight is 420 g/mol. The lowest BCUT2D eigenvalue weighted by molar-refractivity contribution is -0.114. The molecule has 0 aliphatic carbocycles. The van der Waals surface area contributed by atoms with Crippen LogP contribution in [0.3, 0.4) is 0 Å². The standard InChI is InChI=1S/C21H33N5O2S/c1-18(27)23-20-5-3-19(4-6-20)17-25-8-2-9-26(12-11-25)21(29)22-7-10-24-13-15-28-16-14-24/h3-6H,2,7-17H2,1H3,(H,22,29)(H,23,27). The lowest BCUT2D eigenvalue weighted by Gasteiger charge is -2.28. The first-order chi connectivity index (χ1) is 14.1. The van der Waals surface area contributed by atoms with E-state index in [4.69, 9.17) is 17.0 Å². The SMILES string of the molecule is CC(=O)Nc1ccc(CN2CCCN(C(=S)NCCN3CCOCC3)CC2)cc1. The summed E-state index contributed by atoms with van der Waals surface area (Å²) in [7, 11) is 0. The van der Waals surface area contributed by atoms with E-state index >= 15 is 0 Å². The number of amides is 1. The third-order valence-electron chi connectivity index (χ3n) is 5.36. The number of thiocarbonyl (C=S) groups is 1. The number of morpholine rings is 1. The first-order valence-corrected chi connectivity index (χ1v) is 10.9. The monoisotopic (exact) mass is 419 g/mol. The molecule has 0 unspecified atom stereocenters. The predicted octanol–water partition coefficient (Wildman–Crippen LogP) is 1.36. The van der Waals surface area contributed by atoms with Crippen molar-refractivity contribution in [3.63, 3.8) is 0 Å². The molecule has 3 rings (SSSR count). The molecule has 2 aliphatic heterocycles. The average Bonchev–Trinajstić information content (AvgIpc) is 2.95. The van der Waals surface area contributed by atoms with Gasteiger partial charge in [0.15, 0.2) is 5.11 Å². The summed E-state index contributed by atoms with van der Waals surface area (Å²) in [6.07, 6.45) is 1.11. The number of hydrogen-bond donors (Lipinski definition) is 2. The van der Waals surface area contributed by atoms with Crippen LogP contribution in [0.15, 0.2) is 24.3 Å². The smallest absolute Gasteiger partial charge is 0.221 e. The molecule has 2 fully saturated rings. The van der Waals surface area contributed by atoms with Crippen LogP contribution < -0.4 is 10.6 Å². The highest BCUT2D eigenvalue weighted by Crippen LogP contribution is 2.13. The third-order valence-corrected chi connectivity index (χ3v) is 5.77. The maximum atomic E-state index is 11.1. The van der Waals surface area contributed by atoms with Crippen LogP contribution >= 0.6 is 12.2 Å². The molecule has 1 aromatic carbocycles. The minimum Gasteiger partial charge on any atom is -0.379 e. The summed E-state index contributed by atoms with van der Waals surface area (Å²) in [5, 5.41) is 7.12. The zero-order chi connectivity index (χ0) is 20.5. The Balaban J connectivity index is 1.38. The Labute approximate surface area is 179 Å². The highest BCUT2D eigenvalue weighted by atomic mass is 32.1. The van der Waals surface area contributed by atoms with E-state index in [-0.39, 0.29) is 5.91 Å². The van der Waals surface area contributed by atoms with Gasteiger partial charge >= 0.3 is 0 Å². The maximum Gasteiger partial charge on any atom is 0.221 e. The van der Waals surface area contributed by atoms with Gasteiger partial charge in [-0.2, -0.15) is 0 Å². The molecule has 0 saturated carbocycles. The minimum atomic E-state index is -0.0418. The summed E-state index contributed by atoms with van der Waals surface area (Å²) < 4.78 is 5.39. The Morgan fingerprint density at radius 1 is 1.03 bits per heavy atom. The van der Waals surface area contributed by atoms with Gasteiger partial charge in [0.2, 0.25) is 5.91 Å². The number of rotatable bonds is 6. The van der Waals surface area contributed by atoms with Crippen molar-refractivity contribution >= 4 is 28.9 Å². The fraction of sp³-hybridized carbons (Fsp3) is 0.619. The summed E-state index contributed by atoms with van der Waals surface area (Å²) in [6, 6.07) is 8.11. The van der Waals surface area contributed by atoms with Gasteiger partial charge < -0.3 is 20.3 Å². The van der Waals surface area contributed by atoms with E-state index in [1.54, 1.807) is 0 Å². The van der Waals surface area contributed by atoms with Crippen molar-refractivity contribution < 1.29 is 9.53 Å². The van der Waals surface area contributed by atoms with Crippen molar-refractivity contribution in [3.8, 4) is 0 Å². The van der Waals surface area contributed by atoms with Gasteiger partial charge in [-0.3, -0.25) is 14.6 Å². The molecule has 29 heavy (non-hydrogen) atoms. The molecule has 2 N–H and O–H groups in total. The molecule has 160 valence electrons. The van der Waals surface area contributed by atoms with Gasteiger partial charge in [-0.15, -0.1) is 0 Å². The normalized spacial score (nSPS) is 18.9. The third kappa shape index (κ3) is 7.54. The summed E-state index contributed by atoms with van der Waals surface area (Å²) in [4.78, 5) is 18.3. The van der Waals surface area contributed by atoms with Gasteiger partial charge in [0.1, 0.15) is 0 Å². The molecule has 0 spiro atoms. The number of nitrogens with zero attached hydrogens (tertiary/aromatic N) is 3. The molecule has 7 nitrogen and oxygen atoms in total. The molecule has 0 atom stereocenters. The zero-order valence-corrected chi connectivity index (χ0v) is 18.2. The molecule has 0 aromatic heterocycles. The van der Waals surface area contributed by atoms with Gasteiger partial charge in [-0.05, 0) is 36.3 Å². The Morgan fingerprint density at radius 2 is 1.79 bits per heavy atom. The van der Waals surface area contributed by atoms with E-state index in [0.717, 1.165) is 89.3 Å². The van der Waals surface area contributed by atoms with Crippen LogP contribution in [-0.2, 0) is 16.1 Å². The molecule has 2 heterocycles. The van der Waals surface area contributed by atoms with E-state index in [9.17, 15) is 4.79 Å². The van der Waals surface area contributed by atoms with Gasteiger partial charge in [-0.1, -0.05) is 12.1 Å². The Kier molecular flexibility index (Phi) is 8.67. The molecule has 0 radical (unpaired) electrons. The fourth-order valence-electron chi connectivity index (χ4n) is 3.74. The molecule has 8 heteroatoms. The second kappa shape index (κ2) is 11.4. The Bertz CT molecular complexity index is 664. The molecule has 2 aliphatic rings. The molecular formula is C21H33N5O2S. The second-order valence-corrected chi connectivity index (χ2v) is 8.07. The molecule has 1 aromatic rings. The van der Waals surface area contributed by atoms with Crippen molar-refractivity contribution in [2.75, 3.05) is 70.9 Å². The fourth-order valence-corrected chi connectivity index (χ4v) is 4.03. The number of ether oxygens (including phenoxy) is 1. The van der Waals surface area contributed by atoms with Crippen molar-refractivity contribution in [2.45, 2.75) is 19.9 Å². The van der Waals surface area contributed by atoms with Crippen molar-refractivity contribution in [1.82, 2.24) is 20.0 Å². The number of benzene rings is 1. The maximum absolute atomic E-state index is 11.1. The molecule has 1 amide bonds. The summed E-state index contributed by atoms with van der Waals surface area (Å²) >= 11 is 5.64. The number of carbonyl (C=O) groups excluding carboxylic acids is 1. The van der Waals surface area contributed by atoms with Gasteiger partial charge in [0.25, 0.3) is 0 Å². The summed E-state index contributed by atoms with van der Waals surface area (Å²) in [5.74, 6) is -0.0418. The van der Waals surface area contributed by atoms with Gasteiger partial charge in [0, 0.05) is 71.5 Å². The van der Waals surface area contributed by atoms with Crippen molar-refractivity contribution in [2.24, 2.45) is 0 Å². The van der Waals surface area contributed by atoms with Crippen LogP contribution in [0.2, 0.25) is 0 Å². The van der Waals surface area contributed by atoms with E-state index < -0.39 is 0 Å². The van der Waals surface area contributed by atoms with E-state index in [2.05, 4.69) is 37.5 Å². The number of carbonyl (C=O) groups is 1. The number of hydrogen-bond acceptors (Lipinski definition) is 5. The Morgan fingerprint density at radius 3 is 2.52 bits per heavy atom. The number of anilines is 1. The highest BCUT2D eigenvalue weighted by molar-refractivity contribution is 7.80. The van der Waals surface area contributed by atoms with Crippen molar-refractivity contribution in [3.05, 3.63) is 29.8 Å². The topological polar surface area (TPSA) is 60.1 Å². The molecule has 0 bridgehead atoms. The first kappa shape index (κ1) is 22.0. The van der Waals surface area contributed by atoms with Gasteiger partial charge in [-0.25, -0.2) is 0 Å². The van der Waals surface area contributed by atoms with E-state index in [1.807, 2.05) is 12.1 Å². The molecule has 2 saturated heterocycles. The highest BCUT2D eigenvalue weighted by Gasteiger charge is 2.17. The van der Waals surface area contributed by atoms with E-state index in [1.165, 1.54) is 12.5 Å². The van der Waals surface area contributed by atoms with Crippen LogP contribution in [0.5, 0.6) is 0 Å². The van der Waals surface area contributed by atoms with Crippen molar-refractivity contribution in [1.29, 1.82) is 0 Å². The summed E-state index contributed by atoms with van der Waals surface area (Å²) in [6.45, 7) is 12.1. The number of nitrogens with one attached hydrogen (secondary N) is 2. The van der Waals surface area contributed by atoms with Gasteiger partial charge in [0.05, 0.1) is 13.2 Å². The van der Waals surface area contributed by atoms with Crippen LogP contribution in [0.1, 0.15) is 18.9 Å². The summed E-state index contributed by atoms with van der Waals surface area (Å²) in [5.41, 5.74) is 2.11. The first-order valence-electron chi connectivity index (χ1n) is 10.5. The minimum absolute atomic E-state index is 0.0418. The Hall–Kier alpha value is -1.74. The van der Waals surface area contributed by atoms with Crippen LogP contribution in [0, 0.1) is 0 Å². The molecular weight excluding hydrogens is 386 g/mol. The van der Waals surface area contributed by atoms with Crippen LogP contribution in [0.4, 0.5) is 5.69 Å².